The van der Waals surface area contributed by atoms with Gasteiger partial charge in [-0.25, -0.2) is 0 Å². The van der Waals surface area contributed by atoms with Gasteiger partial charge in [0.15, 0.2) is 11.5 Å². The first-order valence-corrected chi connectivity index (χ1v) is 8.19. The Hall–Kier alpha value is -2.20. The Labute approximate surface area is 135 Å². The monoisotopic (exact) mass is 311 g/mol. The van der Waals surface area contributed by atoms with Gasteiger partial charge in [-0.3, -0.25) is 0 Å². The van der Waals surface area contributed by atoms with Gasteiger partial charge in [-0.1, -0.05) is 12.1 Å². The van der Waals surface area contributed by atoms with Crippen LogP contribution in [0, 0.1) is 0 Å². The molecule has 4 N–H and O–H groups in total. The first-order valence-electron chi connectivity index (χ1n) is 8.19. The van der Waals surface area contributed by atoms with Gasteiger partial charge < -0.3 is 20.6 Å². The van der Waals surface area contributed by atoms with Crippen molar-refractivity contribution < 1.29 is 15.3 Å². The molecule has 2 aromatic rings. The second-order valence-electron chi connectivity index (χ2n) is 6.73. The summed E-state index contributed by atoms with van der Waals surface area (Å²) in [6.07, 6.45) is 2.96. The third-order valence-corrected chi connectivity index (χ3v) is 5.35. The quantitative estimate of drug-likeness (QED) is 0.611. The highest BCUT2D eigenvalue weighted by atomic mass is 16.3. The van der Waals surface area contributed by atoms with E-state index in [2.05, 4.69) is 11.4 Å². The molecule has 0 bridgehead atoms. The van der Waals surface area contributed by atoms with E-state index < -0.39 is 0 Å². The fraction of sp³-hybridized carbons (Fsp3) is 0.368. The van der Waals surface area contributed by atoms with Crippen LogP contribution in [0.15, 0.2) is 36.4 Å². The maximum Gasteiger partial charge on any atom is 0.157 e. The molecule has 0 spiro atoms. The van der Waals surface area contributed by atoms with E-state index in [0.29, 0.717) is 23.6 Å². The highest BCUT2D eigenvalue weighted by Gasteiger charge is 2.36. The zero-order valence-electron chi connectivity index (χ0n) is 12.9. The van der Waals surface area contributed by atoms with Crippen LogP contribution in [-0.2, 0) is 6.42 Å². The summed E-state index contributed by atoms with van der Waals surface area (Å²) in [5.41, 5.74) is 3.43. The summed E-state index contributed by atoms with van der Waals surface area (Å²) in [5, 5.41) is 33.0. The molecular weight excluding hydrogens is 290 g/mol. The molecule has 2 aromatic carbocycles. The largest absolute Gasteiger partial charge is 0.508 e. The average molecular weight is 311 g/mol. The Morgan fingerprint density at radius 2 is 1.83 bits per heavy atom. The van der Waals surface area contributed by atoms with Crippen LogP contribution in [0.25, 0.3) is 0 Å². The summed E-state index contributed by atoms with van der Waals surface area (Å²) in [7, 11) is 0. The number of benzene rings is 2. The lowest BCUT2D eigenvalue weighted by Gasteiger charge is -2.41. The molecule has 0 amide bonds. The predicted molar refractivity (Wildman–Crippen MR) is 88.1 cm³/mol. The van der Waals surface area contributed by atoms with Crippen molar-refractivity contribution in [3.8, 4) is 17.2 Å². The minimum absolute atomic E-state index is 0.0319. The summed E-state index contributed by atoms with van der Waals surface area (Å²) >= 11 is 0. The zero-order chi connectivity index (χ0) is 16.0. The molecule has 4 nitrogen and oxygen atoms in total. The van der Waals surface area contributed by atoms with Gasteiger partial charge in [0.2, 0.25) is 0 Å². The van der Waals surface area contributed by atoms with Gasteiger partial charge in [0.25, 0.3) is 0 Å². The molecule has 0 saturated carbocycles. The number of aromatic hydroxyl groups is 3. The average Bonchev–Trinajstić information content (AvgIpc) is 2.55. The first kappa shape index (κ1) is 14.4. The van der Waals surface area contributed by atoms with Crippen molar-refractivity contribution in [2.24, 2.45) is 0 Å². The maximum absolute atomic E-state index is 9.88. The lowest BCUT2D eigenvalue weighted by atomic mass is 9.71. The summed E-state index contributed by atoms with van der Waals surface area (Å²) in [6.45, 7) is 0.907. The molecule has 1 heterocycles. The summed E-state index contributed by atoms with van der Waals surface area (Å²) < 4.78 is 0. The molecule has 3 atom stereocenters. The van der Waals surface area contributed by atoms with Gasteiger partial charge in [-0.2, -0.15) is 0 Å². The normalized spacial score (nSPS) is 26.3. The summed E-state index contributed by atoms with van der Waals surface area (Å²) in [5.74, 6) is 0.896. The molecule has 23 heavy (non-hydrogen) atoms. The van der Waals surface area contributed by atoms with Crippen LogP contribution in [0.3, 0.4) is 0 Å². The number of aryl methyl sites for hydroxylation is 1. The lowest BCUT2D eigenvalue weighted by Crippen LogP contribution is -2.45. The Morgan fingerprint density at radius 3 is 2.65 bits per heavy atom. The molecule has 120 valence electrons. The van der Waals surface area contributed by atoms with Gasteiger partial charge in [0, 0.05) is 18.5 Å². The minimum Gasteiger partial charge on any atom is -0.508 e. The minimum atomic E-state index is -0.0381. The number of hydrogen-bond acceptors (Lipinski definition) is 4. The fourth-order valence-corrected chi connectivity index (χ4v) is 4.18. The lowest BCUT2D eigenvalue weighted by molar-refractivity contribution is 0.291. The number of fused-ring (bicyclic) bond motifs is 3. The van der Waals surface area contributed by atoms with Crippen LogP contribution in [0.2, 0.25) is 0 Å². The van der Waals surface area contributed by atoms with Crippen molar-refractivity contribution in [1.29, 1.82) is 0 Å². The molecular formula is C19H21NO3. The Bertz CT molecular complexity index is 743. The second kappa shape index (κ2) is 5.46. The highest BCUT2D eigenvalue weighted by molar-refractivity contribution is 5.49. The van der Waals surface area contributed by atoms with E-state index in [1.807, 2.05) is 12.1 Å². The SMILES string of the molecule is Oc1cccc([C@H]2CN[C@@H]3CCc4cc(O)c(O)cc4[C@H]3C2)c1. The number of nitrogens with one attached hydrogen (secondary N) is 1. The van der Waals surface area contributed by atoms with E-state index in [1.54, 1.807) is 18.2 Å². The molecule has 4 rings (SSSR count). The fourth-order valence-electron chi connectivity index (χ4n) is 4.18. The summed E-state index contributed by atoms with van der Waals surface area (Å²) in [6, 6.07) is 11.3. The van der Waals surface area contributed by atoms with Crippen LogP contribution in [-0.4, -0.2) is 27.9 Å². The smallest absolute Gasteiger partial charge is 0.157 e. The number of hydrogen-bond donors (Lipinski definition) is 4. The number of phenols is 3. The molecule has 1 aliphatic heterocycles. The molecule has 4 heteroatoms. The molecule has 0 aromatic heterocycles. The van der Waals surface area contributed by atoms with Crippen molar-refractivity contribution in [2.45, 2.75) is 37.1 Å². The number of phenolic OH excluding ortho intramolecular Hbond substituents is 3. The maximum atomic E-state index is 9.88. The molecule has 0 radical (unpaired) electrons. The van der Waals surface area contributed by atoms with E-state index in [0.717, 1.165) is 42.5 Å². The van der Waals surface area contributed by atoms with E-state index in [-0.39, 0.29) is 11.5 Å². The van der Waals surface area contributed by atoms with Crippen LogP contribution in [0.1, 0.15) is 41.4 Å². The molecule has 1 fully saturated rings. The van der Waals surface area contributed by atoms with Crippen molar-refractivity contribution in [3.63, 3.8) is 0 Å². The van der Waals surface area contributed by atoms with Gasteiger partial charge in [-0.05, 0) is 66.1 Å². The van der Waals surface area contributed by atoms with E-state index in [9.17, 15) is 15.3 Å². The first-order chi connectivity index (χ1) is 11.1. The van der Waals surface area contributed by atoms with Crippen molar-refractivity contribution >= 4 is 0 Å². The van der Waals surface area contributed by atoms with Crippen LogP contribution in [0.5, 0.6) is 17.2 Å². The van der Waals surface area contributed by atoms with Crippen LogP contribution < -0.4 is 5.32 Å². The number of rotatable bonds is 1. The molecule has 1 aliphatic carbocycles. The Balaban J connectivity index is 1.67. The third-order valence-electron chi connectivity index (χ3n) is 5.35. The third kappa shape index (κ3) is 2.53. The van der Waals surface area contributed by atoms with Crippen molar-refractivity contribution in [1.82, 2.24) is 5.32 Å². The van der Waals surface area contributed by atoms with Gasteiger partial charge >= 0.3 is 0 Å². The molecule has 0 unspecified atom stereocenters. The Kier molecular flexibility index (Phi) is 3.42. The Morgan fingerprint density at radius 1 is 1.00 bits per heavy atom. The van der Waals surface area contributed by atoms with E-state index in [4.69, 9.17) is 0 Å². The number of piperidine rings is 1. The van der Waals surface area contributed by atoms with E-state index >= 15 is 0 Å². The van der Waals surface area contributed by atoms with Crippen molar-refractivity contribution in [3.05, 3.63) is 53.1 Å². The highest BCUT2D eigenvalue weighted by Crippen LogP contribution is 2.44. The standard InChI is InChI=1S/C19H21NO3/c21-14-3-1-2-11(6-14)13-7-16-15-9-19(23)18(22)8-12(15)4-5-17(16)20-10-13/h1-3,6,8-9,13,16-17,20-23H,4-5,7,10H2/t13-,16-,17-/m1/s1. The predicted octanol–water partition coefficient (Wildman–Crippen LogP) is 2.98. The zero-order valence-corrected chi connectivity index (χ0v) is 12.9. The van der Waals surface area contributed by atoms with E-state index in [1.165, 1.54) is 0 Å². The van der Waals surface area contributed by atoms with Crippen LogP contribution in [0.4, 0.5) is 0 Å². The van der Waals surface area contributed by atoms with Gasteiger partial charge in [-0.15, -0.1) is 0 Å². The van der Waals surface area contributed by atoms with Gasteiger partial charge in [0.1, 0.15) is 5.75 Å². The topological polar surface area (TPSA) is 72.7 Å². The van der Waals surface area contributed by atoms with Crippen molar-refractivity contribution in [2.75, 3.05) is 6.54 Å². The molecule has 1 saturated heterocycles. The second-order valence-corrected chi connectivity index (χ2v) is 6.73. The van der Waals surface area contributed by atoms with Gasteiger partial charge in [0.05, 0.1) is 0 Å². The summed E-state index contributed by atoms with van der Waals surface area (Å²) in [4.78, 5) is 0. The molecule has 2 aliphatic rings. The van der Waals surface area contributed by atoms with Crippen LogP contribution >= 0.6 is 0 Å².